The number of nitrogens with zero attached hydrogens (tertiary/aromatic N) is 1. The maximum absolute atomic E-state index is 12.1. The molecular weight excluding hydrogens is 265 g/mol. The Morgan fingerprint density at radius 3 is 2.47 bits per heavy atom. The molecule has 0 aromatic heterocycles. The Balaban J connectivity index is 2.89. The van der Waals surface area contributed by atoms with Gasteiger partial charge in [-0.3, -0.25) is 14.4 Å². The minimum Gasteiger partial charge on any atom is -0.318 e. The number of anilines is 1. The Kier molecular flexibility index (Phi) is 4.49. The summed E-state index contributed by atoms with van der Waals surface area (Å²) in [6.07, 6.45) is -4.98. The molecule has 0 aliphatic rings. The third-order valence-corrected chi connectivity index (χ3v) is 2.18. The lowest BCUT2D eigenvalue weighted by Crippen LogP contribution is -2.30. The van der Waals surface area contributed by atoms with Gasteiger partial charge in [-0.05, 0) is 18.2 Å². The molecule has 0 atom stereocenters. The van der Waals surface area contributed by atoms with Gasteiger partial charge in [-0.1, -0.05) is 6.07 Å². The standard InChI is InChI=1S/C11H11F3N2O3/c1-16(19-2)9(17)7-4-3-5-8(6-7)15-10(18)11(12,13)14/h3-6H,1-2H3,(H,15,18). The van der Waals surface area contributed by atoms with Crippen LogP contribution in [-0.2, 0) is 9.63 Å². The Bertz CT molecular complexity index is 488. The minimum absolute atomic E-state index is 0.0873. The number of halogens is 3. The molecule has 5 nitrogen and oxygen atoms in total. The monoisotopic (exact) mass is 276 g/mol. The maximum Gasteiger partial charge on any atom is 0.471 e. The molecule has 0 radical (unpaired) electrons. The number of hydrogen-bond donors (Lipinski definition) is 1. The van der Waals surface area contributed by atoms with Gasteiger partial charge in [-0.2, -0.15) is 13.2 Å². The average Bonchev–Trinajstić information content (AvgIpc) is 2.36. The van der Waals surface area contributed by atoms with E-state index in [4.69, 9.17) is 0 Å². The lowest BCUT2D eigenvalue weighted by atomic mass is 10.2. The van der Waals surface area contributed by atoms with Gasteiger partial charge in [-0.15, -0.1) is 0 Å². The van der Waals surface area contributed by atoms with Gasteiger partial charge in [0, 0.05) is 18.3 Å². The highest BCUT2D eigenvalue weighted by Crippen LogP contribution is 2.19. The molecule has 0 aliphatic carbocycles. The maximum atomic E-state index is 12.1. The summed E-state index contributed by atoms with van der Waals surface area (Å²) in [4.78, 5) is 27.1. The van der Waals surface area contributed by atoms with E-state index < -0.39 is 18.0 Å². The number of benzene rings is 1. The van der Waals surface area contributed by atoms with Crippen LogP contribution < -0.4 is 5.32 Å². The predicted octanol–water partition coefficient (Wildman–Crippen LogP) is 1.82. The first-order valence-electron chi connectivity index (χ1n) is 5.06. The molecule has 0 aliphatic heterocycles. The molecule has 1 aromatic carbocycles. The second kappa shape index (κ2) is 5.70. The number of alkyl halides is 3. The fourth-order valence-corrected chi connectivity index (χ4v) is 1.20. The van der Waals surface area contributed by atoms with E-state index >= 15 is 0 Å². The molecule has 0 fully saturated rings. The molecule has 0 heterocycles. The quantitative estimate of drug-likeness (QED) is 0.857. The third kappa shape index (κ3) is 3.95. The molecule has 0 spiro atoms. The normalized spacial score (nSPS) is 11.0. The fourth-order valence-electron chi connectivity index (χ4n) is 1.20. The van der Waals surface area contributed by atoms with Crippen molar-refractivity contribution in [1.82, 2.24) is 5.06 Å². The lowest BCUT2D eigenvalue weighted by Gasteiger charge is -2.14. The molecule has 0 unspecified atom stereocenters. The Labute approximate surface area is 106 Å². The molecule has 0 bridgehead atoms. The number of rotatable bonds is 3. The Morgan fingerprint density at radius 1 is 1.32 bits per heavy atom. The van der Waals surface area contributed by atoms with Crippen molar-refractivity contribution in [3.8, 4) is 0 Å². The van der Waals surface area contributed by atoms with Gasteiger partial charge < -0.3 is 5.32 Å². The molecule has 0 saturated heterocycles. The van der Waals surface area contributed by atoms with Crippen molar-refractivity contribution in [2.75, 3.05) is 19.5 Å². The second-order valence-electron chi connectivity index (χ2n) is 3.52. The van der Waals surface area contributed by atoms with Gasteiger partial charge in [0.1, 0.15) is 0 Å². The van der Waals surface area contributed by atoms with E-state index in [-0.39, 0.29) is 11.3 Å². The first kappa shape index (κ1) is 15.0. The van der Waals surface area contributed by atoms with Crippen LogP contribution in [0.1, 0.15) is 10.4 Å². The van der Waals surface area contributed by atoms with Gasteiger partial charge in [-0.25, -0.2) is 5.06 Å². The number of hydrogen-bond acceptors (Lipinski definition) is 3. The molecule has 2 amide bonds. The van der Waals surface area contributed by atoms with Crippen molar-refractivity contribution in [1.29, 1.82) is 0 Å². The van der Waals surface area contributed by atoms with Gasteiger partial charge in [0.2, 0.25) is 0 Å². The molecule has 8 heteroatoms. The number of amides is 2. The first-order valence-corrected chi connectivity index (χ1v) is 5.06. The number of carbonyl (C=O) groups excluding carboxylic acids is 2. The van der Waals surface area contributed by atoms with Crippen LogP contribution in [0.4, 0.5) is 18.9 Å². The summed E-state index contributed by atoms with van der Waals surface area (Å²) in [5.41, 5.74) is -0.0398. The first-order chi connectivity index (χ1) is 8.75. The second-order valence-corrected chi connectivity index (χ2v) is 3.52. The van der Waals surface area contributed by atoms with Crippen LogP contribution in [0.2, 0.25) is 0 Å². The van der Waals surface area contributed by atoms with Crippen molar-refractivity contribution in [2.24, 2.45) is 0 Å². The van der Waals surface area contributed by atoms with Crippen molar-refractivity contribution in [3.05, 3.63) is 29.8 Å². The third-order valence-electron chi connectivity index (χ3n) is 2.18. The minimum atomic E-state index is -4.98. The van der Waals surface area contributed by atoms with Gasteiger partial charge in [0.05, 0.1) is 7.11 Å². The fraction of sp³-hybridized carbons (Fsp3) is 0.273. The summed E-state index contributed by atoms with van der Waals surface area (Å²) >= 11 is 0. The highest BCUT2D eigenvalue weighted by atomic mass is 19.4. The van der Waals surface area contributed by atoms with E-state index in [1.54, 1.807) is 5.32 Å². The summed E-state index contributed by atoms with van der Waals surface area (Å²) in [6.45, 7) is 0. The van der Waals surface area contributed by atoms with E-state index in [0.29, 0.717) is 0 Å². The van der Waals surface area contributed by atoms with E-state index in [2.05, 4.69) is 4.84 Å². The van der Waals surface area contributed by atoms with E-state index in [9.17, 15) is 22.8 Å². The van der Waals surface area contributed by atoms with Crippen LogP contribution in [-0.4, -0.2) is 37.2 Å². The number of nitrogens with one attached hydrogen (secondary N) is 1. The largest absolute Gasteiger partial charge is 0.471 e. The van der Waals surface area contributed by atoms with Gasteiger partial charge >= 0.3 is 12.1 Å². The molecule has 1 aromatic rings. The summed E-state index contributed by atoms with van der Waals surface area (Å²) in [5, 5.41) is 2.57. The molecule has 1 rings (SSSR count). The molecular formula is C11H11F3N2O3. The number of hydroxylamine groups is 2. The summed E-state index contributed by atoms with van der Waals surface area (Å²) in [6, 6.07) is 5.11. The van der Waals surface area contributed by atoms with Crippen molar-refractivity contribution < 1.29 is 27.6 Å². The van der Waals surface area contributed by atoms with Crippen LogP contribution >= 0.6 is 0 Å². The zero-order valence-electron chi connectivity index (χ0n) is 10.1. The van der Waals surface area contributed by atoms with E-state index in [1.165, 1.54) is 32.4 Å². The average molecular weight is 276 g/mol. The van der Waals surface area contributed by atoms with Gasteiger partial charge in [0.25, 0.3) is 5.91 Å². The molecule has 104 valence electrons. The molecule has 19 heavy (non-hydrogen) atoms. The van der Waals surface area contributed by atoms with Crippen molar-refractivity contribution in [3.63, 3.8) is 0 Å². The lowest BCUT2D eigenvalue weighted by molar-refractivity contribution is -0.167. The zero-order chi connectivity index (χ0) is 14.6. The highest BCUT2D eigenvalue weighted by molar-refractivity contribution is 5.98. The predicted molar refractivity (Wildman–Crippen MR) is 60.2 cm³/mol. The van der Waals surface area contributed by atoms with E-state index in [0.717, 1.165) is 11.1 Å². The topological polar surface area (TPSA) is 58.6 Å². The molecule has 1 N–H and O–H groups in total. The van der Waals surface area contributed by atoms with Crippen LogP contribution in [0.3, 0.4) is 0 Å². The van der Waals surface area contributed by atoms with Crippen LogP contribution in [0.5, 0.6) is 0 Å². The zero-order valence-corrected chi connectivity index (χ0v) is 10.1. The highest BCUT2D eigenvalue weighted by Gasteiger charge is 2.38. The van der Waals surface area contributed by atoms with Crippen molar-refractivity contribution in [2.45, 2.75) is 6.18 Å². The SMILES string of the molecule is CON(C)C(=O)c1cccc(NC(=O)C(F)(F)F)c1. The smallest absolute Gasteiger partial charge is 0.318 e. The van der Waals surface area contributed by atoms with Crippen molar-refractivity contribution >= 4 is 17.5 Å². The van der Waals surface area contributed by atoms with Crippen LogP contribution in [0.15, 0.2) is 24.3 Å². The summed E-state index contributed by atoms with van der Waals surface area (Å²) in [7, 11) is 2.62. The molecule has 0 saturated carbocycles. The van der Waals surface area contributed by atoms with E-state index in [1.807, 2.05) is 0 Å². The Morgan fingerprint density at radius 2 is 1.95 bits per heavy atom. The van der Waals surface area contributed by atoms with Crippen LogP contribution in [0.25, 0.3) is 0 Å². The van der Waals surface area contributed by atoms with Crippen LogP contribution in [0, 0.1) is 0 Å². The summed E-state index contributed by atoms with van der Waals surface area (Å²) in [5.74, 6) is -2.65. The van der Waals surface area contributed by atoms with Gasteiger partial charge in [0.15, 0.2) is 0 Å². The number of carbonyl (C=O) groups is 2. The Hall–Kier alpha value is -2.09. The summed E-state index contributed by atoms with van der Waals surface area (Å²) < 4.78 is 36.2.